The third-order valence-electron chi connectivity index (χ3n) is 8.51. The number of likely N-dealkylation sites (tertiary alicyclic amines) is 1. The molecule has 1 saturated carbocycles. The van der Waals surface area contributed by atoms with E-state index in [1.165, 1.54) is 23.8 Å². The maximum Gasteiger partial charge on any atom is 0.234 e. The first-order valence-electron chi connectivity index (χ1n) is 12.9. The predicted octanol–water partition coefficient (Wildman–Crippen LogP) is 3.88. The highest BCUT2D eigenvalue weighted by atomic mass is 32.2. The summed E-state index contributed by atoms with van der Waals surface area (Å²) < 4.78 is 32.4. The molecule has 3 unspecified atom stereocenters. The molecular formula is C28H38N2O4S. The first-order chi connectivity index (χ1) is 16.8. The lowest BCUT2D eigenvalue weighted by atomic mass is 9.63. The quantitative estimate of drug-likeness (QED) is 0.578. The SMILES string of the molecule is COCCS(=O)(=O)Nc1cccc(C23CCCC(C2)N(CC2(O)CCc4ccccc4C2)CC3)c1. The molecule has 3 aliphatic rings. The van der Waals surface area contributed by atoms with E-state index in [4.69, 9.17) is 4.74 Å². The molecule has 35 heavy (non-hydrogen) atoms. The number of methoxy groups -OCH3 is 1. The van der Waals surface area contributed by atoms with Gasteiger partial charge in [-0.15, -0.1) is 0 Å². The van der Waals surface area contributed by atoms with Gasteiger partial charge in [-0.25, -0.2) is 8.42 Å². The highest BCUT2D eigenvalue weighted by Crippen LogP contribution is 2.48. The third kappa shape index (κ3) is 5.43. The lowest BCUT2D eigenvalue weighted by Gasteiger charge is -2.52. The van der Waals surface area contributed by atoms with Gasteiger partial charge >= 0.3 is 0 Å². The van der Waals surface area contributed by atoms with Gasteiger partial charge in [-0.2, -0.15) is 0 Å². The van der Waals surface area contributed by atoms with Crippen molar-refractivity contribution in [3.05, 3.63) is 65.2 Å². The van der Waals surface area contributed by atoms with Crippen molar-refractivity contribution in [3.63, 3.8) is 0 Å². The summed E-state index contributed by atoms with van der Waals surface area (Å²) in [4.78, 5) is 2.54. The predicted molar refractivity (Wildman–Crippen MR) is 139 cm³/mol. The highest BCUT2D eigenvalue weighted by molar-refractivity contribution is 7.92. The van der Waals surface area contributed by atoms with Crippen molar-refractivity contribution in [1.82, 2.24) is 4.90 Å². The number of hydrogen-bond acceptors (Lipinski definition) is 5. The fraction of sp³-hybridized carbons (Fsp3) is 0.571. The molecular weight excluding hydrogens is 460 g/mol. The third-order valence-corrected chi connectivity index (χ3v) is 9.76. The van der Waals surface area contributed by atoms with E-state index in [2.05, 4.69) is 40.0 Å². The zero-order valence-electron chi connectivity index (χ0n) is 20.7. The maximum absolute atomic E-state index is 12.4. The van der Waals surface area contributed by atoms with Crippen molar-refractivity contribution >= 4 is 15.7 Å². The number of sulfonamides is 1. The van der Waals surface area contributed by atoms with E-state index in [0.717, 1.165) is 64.5 Å². The molecule has 2 aromatic carbocycles. The summed E-state index contributed by atoms with van der Waals surface area (Å²) in [6, 6.07) is 17.0. The second kappa shape index (κ2) is 9.85. The van der Waals surface area contributed by atoms with Crippen molar-refractivity contribution in [3.8, 4) is 0 Å². The second-order valence-corrected chi connectivity index (χ2v) is 12.8. The number of aryl methyl sites for hydroxylation is 1. The van der Waals surface area contributed by atoms with Crippen LogP contribution < -0.4 is 4.72 Å². The van der Waals surface area contributed by atoms with Gasteiger partial charge in [0.2, 0.25) is 10.0 Å². The molecule has 190 valence electrons. The lowest BCUT2D eigenvalue weighted by Crippen LogP contribution is -2.57. The minimum absolute atomic E-state index is 0.0523. The normalized spacial score (nSPS) is 28.9. The largest absolute Gasteiger partial charge is 0.388 e. The van der Waals surface area contributed by atoms with Gasteiger partial charge in [0.25, 0.3) is 0 Å². The lowest BCUT2D eigenvalue weighted by molar-refractivity contribution is -0.0455. The molecule has 1 aliphatic heterocycles. The number of ether oxygens (including phenoxy) is 1. The average Bonchev–Trinajstić information content (AvgIpc) is 2.85. The number of anilines is 1. The molecule has 1 heterocycles. The van der Waals surface area contributed by atoms with E-state index in [-0.39, 0.29) is 17.8 Å². The molecule has 0 aromatic heterocycles. The highest BCUT2D eigenvalue weighted by Gasteiger charge is 2.46. The molecule has 2 bridgehead atoms. The fourth-order valence-corrected chi connectivity index (χ4v) is 7.63. The Morgan fingerprint density at radius 2 is 1.94 bits per heavy atom. The molecule has 2 aromatic rings. The average molecular weight is 499 g/mol. The molecule has 2 fully saturated rings. The number of rotatable bonds is 8. The number of piperidine rings is 1. The van der Waals surface area contributed by atoms with Crippen LogP contribution >= 0.6 is 0 Å². The Morgan fingerprint density at radius 3 is 2.77 bits per heavy atom. The van der Waals surface area contributed by atoms with Gasteiger partial charge in [-0.3, -0.25) is 9.62 Å². The number of β-amino-alcohol motifs (C(OH)–C–C–N with tert-alkyl or cyclic N) is 1. The molecule has 5 rings (SSSR count). The van der Waals surface area contributed by atoms with Crippen LogP contribution in [-0.2, 0) is 33.0 Å². The summed E-state index contributed by atoms with van der Waals surface area (Å²) in [5.41, 5.74) is 3.96. The number of fused-ring (bicyclic) bond motifs is 3. The van der Waals surface area contributed by atoms with Crippen LogP contribution in [0.3, 0.4) is 0 Å². The molecule has 0 spiro atoms. The first kappa shape index (κ1) is 24.8. The van der Waals surface area contributed by atoms with Gasteiger partial charge in [-0.1, -0.05) is 42.8 Å². The monoisotopic (exact) mass is 498 g/mol. The van der Waals surface area contributed by atoms with Crippen molar-refractivity contribution < 1.29 is 18.3 Å². The smallest absolute Gasteiger partial charge is 0.234 e. The van der Waals surface area contributed by atoms with E-state index >= 15 is 0 Å². The molecule has 0 amide bonds. The summed E-state index contributed by atoms with van der Waals surface area (Å²) in [6.07, 6.45) is 8.07. The topological polar surface area (TPSA) is 78.9 Å². The fourth-order valence-electron chi connectivity index (χ4n) is 6.66. The zero-order valence-corrected chi connectivity index (χ0v) is 21.5. The number of aliphatic hydroxyl groups is 1. The van der Waals surface area contributed by atoms with Crippen LogP contribution in [0.15, 0.2) is 48.5 Å². The van der Waals surface area contributed by atoms with Crippen molar-refractivity contribution in [2.24, 2.45) is 0 Å². The molecule has 7 heteroatoms. The molecule has 6 nitrogen and oxygen atoms in total. The molecule has 3 atom stereocenters. The van der Waals surface area contributed by atoms with Gasteiger partial charge < -0.3 is 9.84 Å². The van der Waals surface area contributed by atoms with Gasteiger partial charge in [0.15, 0.2) is 0 Å². The van der Waals surface area contributed by atoms with E-state index in [0.29, 0.717) is 11.7 Å². The van der Waals surface area contributed by atoms with E-state index in [1.807, 2.05) is 18.2 Å². The Labute approximate surface area is 209 Å². The minimum atomic E-state index is -3.43. The van der Waals surface area contributed by atoms with Crippen LogP contribution in [0.4, 0.5) is 5.69 Å². The Balaban J connectivity index is 1.28. The van der Waals surface area contributed by atoms with Gasteiger partial charge in [-0.05, 0) is 79.3 Å². The Bertz CT molecular complexity index is 1150. The first-order valence-corrected chi connectivity index (χ1v) is 14.6. The molecule has 1 saturated heterocycles. The van der Waals surface area contributed by atoms with Crippen LogP contribution in [0, 0.1) is 0 Å². The number of hydrogen-bond donors (Lipinski definition) is 2. The number of nitrogens with one attached hydrogen (secondary N) is 1. The minimum Gasteiger partial charge on any atom is -0.388 e. The standard InChI is InChI=1S/C28H38N2O4S/c1-34-16-17-35(32,33)29-25-9-4-8-24(18-25)27-12-5-10-26(20-27)30(15-14-27)21-28(31)13-11-22-6-2-3-7-23(22)19-28/h2-4,6-9,18,26,29,31H,5,10-17,19-21H2,1H3. The van der Waals surface area contributed by atoms with Crippen LogP contribution in [-0.4, -0.2) is 62.6 Å². The van der Waals surface area contributed by atoms with Crippen molar-refractivity contribution in [2.45, 2.75) is 68.4 Å². The number of nitrogens with zero attached hydrogens (tertiary/aromatic N) is 1. The Morgan fingerprint density at radius 1 is 1.11 bits per heavy atom. The summed E-state index contributed by atoms with van der Waals surface area (Å²) in [5.74, 6) is -0.0523. The van der Waals surface area contributed by atoms with Crippen LogP contribution in [0.1, 0.15) is 55.2 Å². The van der Waals surface area contributed by atoms with E-state index < -0.39 is 15.6 Å². The summed E-state index contributed by atoms with van der Waals surface area (Å²) in [5, 5.41) is 11.5. The molecule has 2 N–H and O–H groups in total. The molecule has 2 aliphatic carbocycles. The van der Waals surface area contributed by atoms with Gasteiger partial charge in [0.1, 0.15) is 0 Å². The van der Waals surface area contributed by atoms with Gasteiger partial charge in [0.05, 0.1) is 18.0 Å². The second-order valence-electron chi connectivity index (χ2n) is 10.9. The van der Waals surface area contributed by atoms with Gasteiger partial charge in [0, 0.05) is 31.8 Å². The Kier molecular flexibility index (Phi) is 6.96. The summed E-state index contributed by atoms with van der Waals surface area (Å²) in [7, 11) is -1.92. The number of benzene rings is 2. The van der Waals surface area contributed by atoms with Crippen molar-refractivity contribution in [2.75, 3.05) is 37.3 Å². The summed E-state index contributed by atoms with van der Waals surface area (Å²) >= 11 is 0. The molecule has 0 radical (unpaired) electrons. The van der Waals surface area contributed by atoms with Crippen LogP contribution in [0.2, 0.25) is 0 Å². The van der Waals surface area contributed by atoms with E-state index in [9.17, 15) is 13.5 Å². The van der Waals surface area contributed by atoms with E-state index in [1.54, 1.807) is 0 Å². The van der Waals surface area contributed by atoms with Crippen LogP contribution in [0.25, 0.3) is 0 Å². The van der Waals surface area contributed by atoms with Crippen LogP contribution in [0.5, 0.6) is 0 Å². The zero-order chi connectivity index (χ0) is 24.5. The summed E-state index contributed by atoms with van der Waals surface area (Å²) in [6.45, 7) is 1.88. The maximum atomic E-state index is 12.4. The van der Waals surface area contributed by atoms with Crippen molar-refractivity contribution in [1.29, 1.82) is 0 Å². The Hall–Kier alpha value is -1.93.